The molecule has 0 saturated carbocycles. The Morgan fingerprint density at radius 3 is 2.63 bits per heavy atom. The number of rotatable bonds is 3. The Balaban J connectivity index is 1.88. The second-order valence-corrected chi connectivity index (χ2v) is 5.74. The monoisotopic (exact) mass is 280 g/mol. The number of amides is 1. The largest absolute Gasteiger partial charge is 0.384 e. The number of nitrogens with zero attached hydrogens (tertiary/aromatic N) is 3. The van der Waals surface area contributed by atoms with Gasteiger partial charge in [-0.2, -0.15) is 0 Å². The lowest BCUT2D eigenvalue weighted by Gasteiger charge is -2.19. The third kappa shape index (κ3) is 4.38. The van der Waals surface area contributed by atoms with E-state index in [2.05, 4.69) is 9.97 Å². The highest BCUT2D eigenvalue weighted by molar-refractivity contribution is 7.99. The van der Waals surface area contributed by atoms with Crippen LogP contribution in [0.4, 0.5) is 5.82 Å². The fraction of sp³-hybridized carbons (Fsp3) is 0.615. The van der Waals surface area contributed by atoms with Crippen molar-refractivity contribution in [1.29, 1.82) is 0 Å². The summed E-state index contributed by atoms with van der Waals surface area (Å²) in [6.07, 6.45) is 4.69. The summed E-state index contributed by atoms with van der Waals surface area (Å²) < 4.78 is 0. The first-order chi connectivity index (χ1) is 9.15. The normalized spacial score (nSPS) is 16.2. The molecule has 2 rings (SSSR count). The summed E-state index contributed by atoms with van der Waals surface area (Å²) in [5, 5.41) is 0.584. The van der Waals surface area contributed by atoms with Gasteiger partial charge in [-0.3, -0.25) is 4.79 Å². The van der Waals surface area contributed by atoms with Gasteiger partial charge in [-0.05, 0) is 19.8 Å². The van der Waals surface area contributed by atoms with E-state index in [0.717, 1.165) is 31.6 Å². The molecule has 1 aromatic rings. The van der Waals surface area contributed by atoms with Gasteiger partial charge in [0.25, 0.3) is 0 Å². The highest BCUT2D eigenvalue weighted by Crippen LogP contribution is 2.17. The second kappa shape index (κ2) is 6.75. The Hall–Kier alpha value is -1.30. The van der Waals surface area contributed by atoms with Gasteiger partial charge < -0.3 is 10.6 Å². The number of nitrogens with two attached hydrogens (primary N) is 1. The molecular weight excluding hydrogens is 260 g/mol. The lowest BCUT2D eigenvalue weighted by molar-refractivity contribution is -0.128. The zero-order valence-electron chi connectivity index (χ0n) is 11.3. The Morgan fingerprint density at radius 2 is 2.00 bits per heavy atom. The van der Waals surface area contributed by atoms with E-state index < -0.39 is 0 Å². The molecule has 1 fully saturated rings. The standard InChI is InChI=1S/C13H20N4OS/c1-10-8-11(14)16-13(15-10)19-9-12(18)17-6-4-2-3-5-7-17/h8H,2-7,9H2,1H3,(H2,14,15,16). The summed E-state index contributed by atoms with van der Waals surface area (Å²) in [5.74, 6) is 1.02. The Labute approximate surface area is 118 Å². The van der Waals surface area contributed by atoms with E-state index in [4.69, 9.17) is 5.73 Å². The summed E-state index contributed by atoms with van der Waals surface area (Å²) in [4.78, 5) is 22.5. The maximum absolute atomic E-state index is 12.1. The van der Waals surface area contributed by atoms with Crippen molar-refractivity contribution < 1.29 is 4.79 Å². The zero-order valence-corrected chi connectivity index (χ0v) is 12.1. The number of aromatic nitrogens is 2. The van der Waals surface area contributed by atoms with Gasteiger partial charge in [-0.1, -0.05) is 24.6 Å². The molecule has 2 heterocycles. The van der Waals surface area contributed by atoms with Gasteiger partial charge in [0, 0.05) is 24.8 Å². The molecule has 1 aliphatic heterocycles. The van der Waals surface area contributed by atoms with Gasteiger partial charge in [0.05, 0.1) is 5.75 Å². The van der Waals surface area contributed by atoms with Crippen molar-refractivity contribution in [3.8, 4) is 0 Å². The number of carbonyl (C=O) groups excluding carboxylic acids is 1. The van der Waals surface area contributed by atoms with Crippen molar-refractivity contribution >= 4 is 23.5 Å². The van der Waals surface area contributed by atoms with Crippen molar-refractivity contribution in [2.75, 3.05) is 24.6 Å². The summed E-state index contributed by atoms with van der Waals surface area (Å²) in [7, 11) is 0. The third-order valence-electron chi connectivity index (χ3n) is 3.14. The summed E-state index contributed by atoms with van der Waals surface area (Å²) in [5.41, 5.74) is 6.50. The molecule has 0 bridgehead atoms. The van der Waals surface area contributed by atoms with Gasteiger partial charge in [0.2, 0.25) is 5.91 Å². The Morgan fingerprint density at radius 1 is 1.32 bits per heavy atom. The SMILES string of the molecule is Cc1cc(N)nc(SCC(=O)N2CCCCCC2)n1. The van der Waals surface area contributed by atoms with Crippen LogP contribution >= 0.6 is 11.8 Å². The number of hydrogen-bond donors (Lipinski definition) is 1. The first-order valence-electron chi connectivity index (χ1n) is 6.67. The van der Waals surface area contributed by atoms with Crippen LogP contribution in [-0.4, -0.2) is 39.6 Å². The Bertz CT molecular complexity index is 424. The van der Waals surface area contributed by atoms with Crippen LogP contribution in [0.2, 0.25) is 0 Å². The molecule has 6 heteroatoms. The molecular formula is C13H20N4OS. The molecule has 0 unspecified atom stereocenters. The average Bonchev–Trinajstić information content (AvgIpc) is 2.63. The molecule has 1 amide bonds. The van der Waals surface area contributed by atoms with Gasteiger partial charge in [0.1, 0.15) is 5.82 Å². The number of carbonyl (C=O) groups is 1. The first kappa shape index (κ1) is 14.1. The zero-order chi connectivity index (χ0) is 13.7. The van der Waals surface area contributed by atoms with Crippen LogP contribution < -0.4 is 5.73 Å². The van der Waals surface area contributed by atoms with Gasteiger partial charge in [-0.15, -0.1) is 0 Å². The van der Waals surface area contributed by atoms with Crippen LogP contribution in [0.25, 0.3) is 0 Å². The van der Waals surface area contributed by atoms with Gasteiger partial charge in [-0.25, -0.2) is 9.97 Å². The fourth-order valence-electron chi connectivity index (χ4n) is 2.17. The molecule has 19 heavy (non-hydrogen) atoms. The molecule has 5 nitrogen and oxygen atoms in total. The first-order valence-corrected chi connectivity index (χ1v) is 7.65. The van der Waals surface area contributed by atoms with Crippen LogP contribution in [0.15, 0.2) is 11.2 Å². The molecule has 0 atom stereocenters. The molecule has 0 aromatic carbocycles. The number of hydrogen-bond acceptors (Lipinski definition) is 5. The lowest BCUT2D eigenvalue weighted by Crippen LogP contribution is -2.33. The van der Waals surface area contributed by atoms with Crippen molar-refractivity contribution in [3.05, 3.63) is 11.8 Å². The second-order valence-electron chi connectivity index (χ2n) is 4.80. The minimum Gasteiger partial charge on any atom is -0.384 e. The van der Waals surface area contributed by atoms with E-state index in [1.54, 1.807) is 6.07 Å². The highest BCUT2D eigenvalue weighted by Gasteiger charge is 2.16. The molecule has 0 radical (unpaired) electrons. The number of anilines is 1. The smallest absolute Gasteiger partial charge is 0.233 e. The van der Waals surface area contributed by atoms with Gasteiger partial charge >= 0.3 is 0 Å². The Kier molecular flexibility index (Phi) is 5.01. The van der Waals surface area contributed by atoms with Crippen molar-refractivity contribution in [3.63, 3.8) is 0 Å². The molecule has 1 aliphatic rings. The lowest BCUT2D eigenvalue weighted by atomic mass is 10.2. The summed E-state index contributed by atoms with van der Waals surface area (Å²) in [6, 6.07) is 1.72. The van der Waals surface area contributed by atoms with Gasteiger partial charge in [0.15, 0.2) is 5.16 Å². The fourth-order valence-corrected chi connectivity index (χ4v) is 2.98. The molecule has 2 N–H and O–H groups in total. The summed E-state index contributed by atoms with van der Waals surface area (Å²) >= 11 is 1.36. The predicted molar refractivity (Wildman–Crippen MR) is 77.0 cm³/mol. The molecule has 0 spiro atoms. The number of likely N-dealkylation sites (tertiary alicyclic amines) is 1. The minimum absolute atomic E-state index is 0.176. The van der Waals surface area contributed by atoms with Crippen molar-refractivity contribution in [1.82, 2.24) is 14.9 Å². The molecule has 104 valence electrons. The van der Waals surface area contributed by atoms with Crippen LogP contribution in [-0.2, 0) is 4.79 Å². The maximum atomic E-state index is 12.1. The average molecular weight is 280 g/mol. The van der Waals surface area contributed by atoms with E-state index in [1.165, 1.54) is 24.6 Å². The molecule has 0 aliphatic carbocycles. The van der Waals surface area contributed by atoms with Crippen LogP contribution in [0.5, 0.6) is 0 Å². The summed E-state index contributed by atoms with van der Waals surface area (Å²) in [6.45, 7) is 3.64. The van der Waals surface area contributed by atoms with E-state index in [1.807, 2.05) is 11.8 Å². The van der Waals surface area contributed by atoms with E-state index in [-0.39, 0.29) is 5.91 Å². The van der Waals surface area contributed by atoms with Crippen molar-refractivity contribution in [2.45, 2.75) is 37.8 Å². The molecule has 1 saturated heterocycles. The number of nitrogen functional groups attached to an aromatic ring is 1. The predicted octanol–water partition coefficient (Wildman–Crippen LogP) is 1.86. The van der Waals surface area contributed by atoms with E-state index >= 15 is 0 Å². The van der Waals surface area contributed by atoms with Crippen LogP contribution in [0, 0.1) is 6.92 Å². The maximum Gasteiger partial charge on any atom is 0.233 e. The third-order valence-corrected chi connectivity index (χ3v) is 3.97. The van der Waals surface area contributed by atoms with Crippen LogP contribution in [0.3, 0.4) is 0 Å². The molecule has 1 aromatic heterocycles. The quantitative estimate of drug-likeness (QED) is 0.676. The highest BCUT2D eigenvalue weighted by atomic mass is 32.2. The van der Waals surface area contributed by atoms with E-state index in [0.29, 0.717) is 16.7 Å². The minimum atomic E-state index is 0.176. The number of aryl methyl sites for hydroxylation is 1. The van der Waals surface area contributed by atoms with E-state index in [9.17, 15) is 4.79 Å². The number of thioether (sulfide) groups is 1. The van der Waals surface area contributed by atoms with Crippen LogP contribution in [0.1, 0.15) is 31.4 Å². The topological polar surface area (TPSA) is 72.1 Å². The van der Waals surface area contributed by atoms with Crippen molar-refractivity contribution in [2.24, 2.45) is 0 Å².